The first-order valence-corrected chi connectivity index (χ1v) is 13.3. The van der Waals surface area contributed by atoms with Crippen LogP contribution < -0.4 is 9.64 Å². The molecule has 4 fully saturated rings. The van der Waals surface area contributed by atoms with Crippen LogP contribution >= 0.6 is 0 Å². The number of rotatable bonds is 5. The molecule has 4 aliphatic heterocycles. The topological polar surface area (TPSA) is 77.8 Å². The van der Waals surface area contributed by atoms with Gasteiger partial charge in [-0.2, -0.15) is 15.1 Å². The number of likely N-dealkylation sites (tertiary alicyclic amines) is 1. The van der Waals surface area contributed by atoms with Crippen LogP contribution in [0.25, 0.3) is 16.7 Å². The lowest BCUT2D eigenvalue weighted by Gasteiger charge is -2.36. The van der Waals surface area contributed by atoms with E-state index in [-0.39, 0.29) is 0 Å². The van der Waals surface area contributed by atoms with Gasteiger partial charge in [0.15, 0.2) is 5.82 Å². The van der Waals surface area contributed by atoms with Crippen molar-refractivity contribution in [1.82, 2.24) is 24.6 Å². The van der Waals surface area contributed by atoms with Gasteiger partial charge in [-0.1, -0.05) is 0 Å². The summed E-state index contributed by atoms with van der Waals surface area (Å²) in [4.78, 5) is 14.3. The molecule has 0 radical (unpaired) electrons. The second-order valence-corrected chi connectivity index (χ2v) is 10.7. The van der Waals surface area contributed by atoms with Gasteiger partial charge in [0, 0.05) is 30.6 Å². The second kappa shape index (κ2) is 8.97. The number of piperidine rings is 1. The largest absolute Gasteiger partial charge is 0.467 e. The molecule has 190 valence electrons. The van der Waals surface area contributed by atoms with E-state index in [0.717, 1.165) is 68.4 Å². The molecule has 4 saturated heterocycles. The molecule has 0 N–H and O–H groups in total. The lowest BCUT2D eigenvalue weighted by atomic mass is 9.86. The van der Waals surface area contributed by atoms with Crippen LogP contribution in [0.4, 0.5) is 5.82 Å². The molecule has 0 aliphatic carbocycles. The number of benzene rings is 1. The van der Waals surface area contributed by atoms with Crippen molar-refractivity contribution >= 4 is 16.7 Å². The summed E-state index contributed by atoms with van der Waals surface area (Å²) in [7, 11) is 1.62. The number of ether oxygens (including phenoxy) is 3. The van der Waals surface area contributed by atoms with E-state index in [1.165, 1.54) is 30.4 Å². The predicted molar refractivity (Wildman–Crippen MR) is 136 cm³/mol. The van der Waals surface area contributed by atoms with E-state index in [0.29, 0.717) is 30.1 Å². The molecule has 0 spiro atoms. The molecule has 7 rings (SSSR count). The van der Waals surface area contributed by atoms with Crippen LogP contribution in [0.5, 0.6) is 6.01 Å². The van der Waals surface area contributed by atoms with E-state index >= 15 is 0 Å². The van der Waals surface area contributed by atoms with Crippen molar-refractivity contribution in [3.63, 3.8) is 0 Å². The quantitative estimate of drug-likeness (QED) is 0.540. The van der Waals surface area contributed by atoms with Gasteiger partial charge >= 0.3 is 6.01 Å². The van der Waals surface area contributed by atoms with Crippen LogP contribution in [0.2, 0.25) is 0 Å². The predicted octanol–water partition coefficient (Wildman–Crippen LogP) is 3.08. The van der Waals surface area contributed by atoms with Crippen molar-refractivity contribution < 1.29 is 14.2 Å². The molecule has 6 heterocycles. The molecule has 4 aliphatic rings. The summed E-state index contributed by atoms with van der Waals surface area (Å²) in [5, 5.41) is 5.88. The van der Waals surface area contributed by atoms with Gasteiger partial charge in [0.05, 0.1) is 44.2 Å². The van der Waals surface area contributed by atoms with Crippen molar-refractivity contribution in [1.29, 1.82) is 0 Å². The Balaban J connectivity index is 1.20. The number of hydrogen-bond donors (Lipinski definition) is 0. The summed E-state index contributed by atoms with van der Waals surface area (Å²) >= 11 is 0. The van der Waals surface area contributed by atoms with E-state index in [1.54, 1.807) is 7.11 Å². The van der Waals surface area contributed by atoms with Crippen LogP contribution in [-0.2, 0) is 9.47 Å². The van der Waals surface area contributed by atoms with E-state index in [1.807, 2.05) is 16.9 Å². The Morgan fingerprint density at radius 1 is 1.00 bits per heavy atom. The number of methoxy groups -OCH3 is 1. The molecule has 9 nitrogen and oxygen atoms in total. The number of nitrogens with zero attached hydrogens (tertiary/aromatic N) is 6. The summed E-state index contributed by atoms with van der Waals surface area (Å²) < 4.78 is 18.9. The molecule has 36 heavy (non-hydrogen) atoms. The fourth-order valence-corrected chi connectivity index (χ4v) is 6.64. The zero-order valence-electron chi connectivity index (χ0n) is 21.1. The standard InChI is InChI=1S/C27H34N6O3/c1-17-9-19-13-28-33(24(19)11-23(17)18-3-6-31(7-4-18)20-5-8-35-15-20)26-12-25(29-27(30-26)34-2)32-14-22-10-21(32)16-36-22/h9,11-13,18,20-22H,3-8,10,14-16H2,1-2H3/t20?,21-,22-/m0/s1. The van der Waals surface area contributed by atoms with Gasteiger partial charge in [-0.3, -0.25) is 4.90 Å². The summed E-state index contributed by atoms with van der Waals surface area (Å²) in [6, 6.07) is 8.00. The van der Waals surface area contributed by atoms with Crippen LogP contribution in [0.3, 0.4) is 0 Å². The normalized spacial score (nSPS) is 26.9. The number of anilines is 1. The highest BCUT2D eigenvalue weighted by atomic mass is 16.5. The smallest absolute Gasteiger partial charge is 0.320 e. The number of hydrogen-bond acceptors (Lipinski definition) is 8. The summed E-state index contributed by atoms with van der Waals surface area (Å²) in [6.45, 7) is 7.94. The van der Waals surface area contributed by atoms with Crippen LogP contribution in [0.1, 0.15) is 42.7 Å². The molecule has 0 saturated carbocycles. The van der Waals surface area contributed by atoms with E-state index in [2.05, 4.69) is 38.8 Å². The first-order valence-electron chi connectivity index (χ1n) is 13.3. The molecule has 1 aromatic carbocycles. The van der Waals surface area contributed by atoms with Gasteiger partial charge in [0.1, 0.15) is 5.82 Å². The van der Waals surface area contributed by atoms with Gasteiger partial charge in [-0.05, 0) is 74.9 Å². The lowest BCUT2D eigenvalue weighted by Crippen LogP contribution is -2.41. The first-order chi connectivity index (χ1) is 17.7. The van der Waals surface area contributed by atoms with Crippen LogP contribution in [-0.4, -0.2) is 89.4 Å². The van der Waals surface area contributed by atoms with Crippen LogP contribution in [0, 0.1) is 6.92 Å². The maximum absolute atomic E-state index is 5.79. The minimum Gasteiger partial charge on any atom is -0.467 e. The molecule has 2 aromatic heterocycles. The molecule has 1 unspecified atom stereocenters. The Labute approximate surface area is 211 Å². The van der Waals surface area contributed by atoms with Gasteiger partial charge < -0.3 is 19.1 Å². The zero-order chi connectivity index (χ0) is 24.2. The minimum atomic E-state index is 0.295. The fourth-order valence-electron chi connectivity index (χ4n) is 6.64. The lowest BCUT2D eigenvalue weighted by molar-refractivity contribution is 0.0988. The molecule has 3 atom stereocenters. The first kappa shape index (κ1) is 22.4. The number of aromatic nitrogens is 4. The van der Waals surface area contributed by atoms with Crippen molar-refractivity contribution in [2.45, 2.75) is 56.7 Å². The third-order valence-corrected chi connectivity index (χ3v) is 8.62. The molecule has 9 heteroatoms. The van der Waals surface area contributed by atoms with E-state index in [9.17, 15) is 0 Å². The highest BCUT2D eigenvalue weighted by Crippen LogP contribution is 2.36. The van der Waals surface area contributed by atoms with Gasteiger partial charge in [-0.15, -0.1) is 0 Å². The summed E-state index contributed by atoms with van der Waals surface area (Å²) in [5.74, 6) is 2.18. The third kappa shape index (κ3) is 3.84. The maximum Gasteiger partial charge on any atom is 0.320 e. The Hall–Kier alpha value is -2.75. The average molecular weight is 491 g/mol. The number of fused-ring (bicyclic) bond motifs is 3. The average Bonchev–Trinajstić information content (AvgIpc) is 3.73. The molecular weight excluding hydrogens is 456 g/mol. The van der Waals surface area contributed by atoms with Crippen LogP contribution in [0.15, 0.2) is 24.4 Å². The van der Waals surface area contributed by atoms with Gasteiger partial charge in [0.25, 0.3) is 0 Å². The highest BCUT2D eigenvalue weighted by molar-refractivity contribution is 5.82. The summed E-state index contributed by atoms with van der Waals surface area (Å²) in [5.41, 5.74) is 3.86. The van der Waals surface area contributed by atoms with Crippen molar-refractivity contribution in [2.24, 2.45) is 0 Å². The summed E-state index contributed by atoms with van der Waals surface area (Å²) in [6.07, 6.45) is 6.83. The zero-order valence-corrected chi connectivity index (χ0v) is 21.1. The minimum absolute atomic E-state index is 0.295. The Morgan fingerprint density at radius 2 is 1.86 bits per heavy atom. The van der Waals surface area contributed by atoms with E-state index < -0.39 is 0 Å². The highest BCUT2D eigenvalue weighted by Gasteiger charge is 2.40. The van der Waals surface area contributed by atoms with Crippen molar-refractivity contribution in [3.05, 3.63) is 35.5 Å². The Morgan fingerprint density at radius 3 is 2.58 bits per heavy atom. The fraction of sp³-hybridized carbons (Fsp3) is 0.593. The second-order valence-electron chi connectivity index (χ2n) is 10.7. The van der Waals surface area contributed by atoms with Gasteiger partial charge in [-0.25, -0.2) is 4.68 Å². The molecule has 3 aromatic rings. The number of aryl methyl sites for hydroxylation is 1. The SMILES string of the molecule is COc1nc(N2C[C@@H]3C[C@H]2CO3)cc(-n2ncc3cc(C)c(C4CCN(C5CCOC5)CC4)cc32)n1. The molecule has 2 bridgehead atoms. The van der Waals surface area contributed by atoms with E-state index in [4.69, 9.17) is 19.3 Å². The van der Waals surface area contributed by atoms with Crippen molar-refractivity contribution in [2.75, 3.05) is 51.5 Å². The monoisotopic (exact) mass is 490 g/mol. The third-order valence-electron chi connectivity index (χ3n) is 8.62. The number of morpholine rings is 1. The molecule has 0 amide bonds. The Bertz CT molecular complexity index is 1260. The van der Waals surface area contributed by atoms with Crippen molar-refractivity contribution in [3.8, 4) is 11.8 Å². The maximum atomic E-state index is 5.79. The molecular formula is C27H34N6O3. The van der Waals surface area contributed by atoms with Gasteiger partial charge in [0.2, 0.25) is 0 Å². The Kier molecular flexibility index (Phi) is 5.59.